The van der Waals surface area contributed by atoms with E-state index in [1.54, 1.807) is 23.5 Å². The fourth-order valence-corrected chi connectivity index (χ4v) is 5.19. The van der Waals surface area contributed by atoms with Crippen molar-refractivity contribution in [1.29, 1.82) is 0 Å². The van der Waals surface area contributed by atoms with E-state index >= 15 is 0 Å². The topological polar surface area (TPSA) is 70.7 Å². The average molecular weight is 506 g/mol. The lowest BCUT2D eigenvalue weighted by molar-refractivity contribution is -0.121. The largest absolute Gasteiger partial charge is 0.496 e. The maximum Gasteiger partial charge on any atom is 0.402 e. The highest BCUT2D eigenvalue weighted by Gasteiger charge is 2.29. The van der Waals surface area contributed by atoms with Gasteiger partial charge in [-0.25, -0.2) is 13.2 Å². The van der Waals surface area contributed by atoms with E-state index in [2.05, 4.69) is 5.32 Å². The molecular formula is C22H30F3N3O3S2. The SMILES string of the molecule is CCCN(CCC(CNC(=O)C1=CCC=CC=C1OC)c1cccs1)S(=O)NCC(F)(F)F. The van der Waals surface area contributed by atoms with Crippen molar-refractivity contribution < 1.29 is 26.9 Å². The molecule has 6 nitrogen and oxygen atoms in total. The van der Waals surface area contributed by atoms with Gasteiger partial charge in [0.05, 0.1) is 12.7 Å². The predicted molar refractivity (Wildman–Crippen MR) is 126 cm³/mol. The molecule has 0 fully saturated rings. The minimum absolute atomic E-state index is 0.0765. The van der Waals surface area contributed by atoms with Gasteiger partial charge in [-0.05, 0) is 36.8 Å². The first-order valence-corrected chi connectivity index (χ1v) is 12.6. The van der Waals surface area contributed by atoms with Gasteiger partial charge in [0, 0.05) is 30.4 Å². The van der Waals surface area contributed by atoms with E-state index in [9.17, 15) is 22.2 Å². The third-order valence-corrected chi connectivity index (χ3v) is 7.12. The molecule has 0 saturated carbocycles. The molecule has 0 saturated heterocycles. The summed E-state index contributed by atoms with van der Waals surface area (Å²) in [5.41, 5.74) is 0.456. The van der Waals surface area contributed by atoms with Crippen LogP contribution in [0.4, 0.5) is 13.2 Å². The number of nitrogens with zero attached hydrogens (tertiary/aromatic N) is 1. The van der Waals surface area contributed by atoms with Crippen LogP contribution < -0.4 is 10.0 Å². The summed E-state index contributed by atoms with van der Waals surface area (Å²) >= 11 is -0.410. The number of amides is 1. The normalized spacial score (nSPS) is 16.1. The van der Waals surface area contributed by atoms with Gasteiger partial charge < -0.3 is 10.1 Å². The molecule has 0 spiro atoms. The number of halogens is 3. The van der Waals surface area contributed by atoms with E-state index in [0.717, 1.165) is 4.88 Å². The molecule has 2 atom stereocenters. The molecule has 0 aliphatic heterocycles. The van der Waals surface area contributed by atoms with Crippen LogP contribution in [0.1, 0.15) is 37.0 Å². The van der Waals surface area contributed by atoms with Crippen molar-refractivity contribution in [3.8, 4) is 0 Å². The number of nitrogens with one attached hydrogen (secondary N) is 2. The van der Waals surface area contributed by atoms with Crippen molar-refractivity contribution in [3.63, 3.8) is 0 Å². The van der Waals surface area contributed by atoms with Crippen molar-refractivity contribution >= 4 is 28.4 Å². The lowest BCUT2D eigenvalue weighted by atomic mass is 10.0. The first kappa shape index (κ1) is 27.3. The zero-order chi connectivity index (χ0) is 24.3. The molecule has 1 aromatic heterocycles. The first-order valence-electron chi connectivity index (χ1n) is 10.6. The van der Waals surface area contributed by atoms with Gasteiger partial charge in [0.15, 0.2) is 11.2 Å². The lowest BCUT2D eigenvalue weighted by Crippen LogP contribution is -2.41. The lowest BCUT2D eigenvalue weighted by Gasteiger charge is -2.24. The molecule has 1 aliphatic rings. The summed E-state index contributed by atoms with van der Waals surface area (Å²) in [4.78, 5) is 13.9. The standard InChI is InChI=1S/C22H30F3N3O3S2/c1-3-12-28(33(30)27-16-22(23,24)25)13-11-17(20-10-7-14-32-20)15-26-21(29)18-8-5-4-6-9-19(18)31-2/h4,6-10,14,17,27H,3,5,11-13,15-16H2,1-2H3,(H,26,29). The Kier molecular flexibility index (Phi) is 11.3. The second-order valence-electron chi connectivity index (χ2n) is 7.34. The highest BCUT2D eigenvalue weighted by molar-refractivity contribution is 7.80. The van der Waals surface area contributed by atoms with Gasteiger partial charge in [-0.3, -0.25) is 4.79 Å². The quantitative estimate of drug-likeness (QED) is 0.422. The molecule has 1 aliphatic carbocycles. The fraction of sp³-hybridized carbons (Fsp3) is 0.500. The molecule has 1 amide bonds. The zero-order valence-electron chi connectivity index (χ0n) is 18.7. The van der Waals surface area contributed by atoms with E-state index in [1.165, 1.54) is 11.4 Å². The number of carbonyl (C=O) groups is 1. The van der Waals surface area contributed by atoms with Crippen LogP contribution in [0.2, 0.25) is 0 Å². The molecule has 2 rings (SSSR count). The third kappa shape index (κ3) is 9.44. The van der Waals surface area contributed by atoms with Gasteiger partial charge in [0.1, 0.15) is 12.3 Å². The van der Waals surface area contributed by atoms with E-state index < -0.39 is 23.9 Å². The van der Waals surface area contributed by atoms with Crippen molar-refractivity contribution in [1.82, 2.24) is 14.3 Å². The highest BCUT2D eigenvalue weighted by atomic mass is 32.2. The molecule has 1 aromatic rings. The van der Waals surface area contributed by atoms with Gasteiger partial charge in [-0.15, -0.1) is 11.3 Å². The minimum Gasteiger partial charge on any atom is -0.496 e. The Morgan fingerprint density at radius 2 is 2.15 bits per heavy atom. The van der Waals surface area contributed by atoms with Gasteiger partial charge in [0.2, 0.25) is 0 Å². The van der Waals surface area contributed by atoms with Crippen LogP contribution in [0.3, 0.4) is 0 Å². The number of allylic oxidation sites excluding steroid dienone is 4. The number of hydrogen-bond donors (Lipinski definition) is 2. The Morgan fingerprint density at radius 3 is 2.79 bits per heavy atom. The number of rotatable bonds is 13. The summed E-state index contributed by atoms with van der Waals surface area (Å²) in [7, 11) is 1.51. The van der Waals surface area contributed by atoms with Crippen LogP contribution in [0.25, 0.3) is 0 Å². The Morgan fingerprint density at radius 1 is 1.36 bits per heavy atom. The number of carbonyl (C=O) groups excluding carboxylic acids is 1. The maximum absolute atomic E-state index is 12.8. The van der Waals surface area contributed by atoms with Crippen molar-refractivity contribution in [3.05, 3.63) is 58.0 Å². The summed E-state index contributed by atoms with van der Waals surface area (Å²) in [5.74, 6) is 0.149. The van der Waals surface area contributed by atoms with E-state index in [0.29, 0.717) is 50.2 Å². The average Bonchev–Trinajstić information content (AvgIpc) is 3.20. The summed E-state index contributed by atoms with van der Waals surface area (Å²) in [6, 6.07) is 3.87. The molecule has 0 bridgehead atoms. The summed E-state index contributed by atoms with van der Waals surface area (Å²) in [5, 5.41) is 4.89. The minimum atomic E-state index is -4.44. The Labute approximate surface area is 199 Å². The fourth-order valence-electron chi connectivity index (χ4n) is 3.23. The van der Waals surface area contributed by atoms with E-state index in [4.69, 9.17) is 4.74 Å². The van der Waals surface area contributed by atoms with Crippen molar-refractivity contribution in [2.24, 2.45) is 0 Å². The second kappa shape index (κ2) is 13.7. The Balaban J connectivity index is 2.02. The summed E-state index contributed by atoms with van der Waals surface area (Å²) < 4.78 is 58.7. The Bertz CT molecular complexity index is 868. The molecule has 184 valence electrons. The van der Waals surface area contributed by atoms with Crippen LogP contribution >= 0.6 is 11.3 Å². The zero-order valence-corrected chi connectivity index (χ0v) is 20.3. The predicted octanol–water partition coefficient (Wildman–Crippen LogP) is 4.20. The number of ether oxygens (including phenoxy) is 1. The molecule has 1 heterocycles. The van der Waals surface area contributed by atoms with E-state index in [1.807, 2.05) is 41.3 Å². The first-order chi connectivity index (χ1) is 15.7. The monoisotopic (exact) mass is 505 g/mol. The number of thiophene rings is 1. The number of alkyl halides is 3. The Hall–Kier alpha value is -1.95. The maximum atomic E-state index is 12.8. The summed E-state index contributed by atoms with van der Waals surface area (Å²) in [6.07, 6.45) is 4.64. The molecule has 2 unspecified atom stereocenters. The van der Waals surface area contributed by atoms with Crippen LogP contribution in [-0.4, -0.2) is 53.9 Å². The molecule has 0 radical (unpaired) electrons. The molecule has 0 aromatic carbocycles. The second-order valence-corrected chi connectivity index (χ2v) is 9.62. The smallest absolute Gasteiger partial charge is 0.402 e. The number of methoxy groups -OCH3 is 1. The van der Waals surface area contributed by atoms with Gasteiger partial charge >= 0.3 is 6.18 Å². The van der Waals surface area contributed by atoms with Gasteiger partial charge in [-0.2, -0.15) is 13.2 Å². The molecule has 33 heavy (non-hydrogen) atoms. The van der Waals surface area contributed by atoms with Gasteiger partial charge in [-0.1, -0.05) is 31.2 Å². The van der Waals surface area contributed by atoms with E-state index in [-0.39, 0.29) is 11.8 Å². The summed E-state index contributed by atoms with van der Waals surface area (Å²) in [6.45, 7) is 1.61. The third-order valence-electron chi connectivity index (χ3n) is 4.86. The van der Waals surface area contributed by atoms with Crippen molar-refractivity contribution in [2.45, 2.75) is 38.3 Å². The molecule has 11 heteroatoms. The van der Waals surface area contributed by atoms with Crippen molar-refractivity contribution in [2.75, 3.05) is 33.3 Å². The van der Waals surface area contributed by atoms with Crippen LogP contribution in [0, 0.1) is 0 Å². The van der Waals surface area contributed by atoms with Crippen LogP contribution in [0.15, 0.2) is 53.1 Å². The van der Waals surface area contributed by atoms with Gasteiger partial charge in [0.25, 0.3) is 5.91 Å². The molecular weight excluding hydrogens is 475 g/mol. The molecule has 2 N–H and O–H groups in total. The highest BCUT2D eigenvalue weighted by Crippen LogP contribution is 2.25. The van der Waals surface area contributed by atoms with Crippen LogP contribution in [0.5, 0.6) is 0 Å². The van der Waals surface area contributed by atoms with Crippen LogP contribution in [-0.2, 0) is 20.7 Å². The number of hydrogen-bond acceptors (Lipinski definition) is 4.